The van der Waals surface area contributed by atoms with E-state index in [1.807, 2.05) is 4.90 Å². The third-order valence-electron chi connectivity index (χ3n) is 4.29. The zero-order valence-electron chi connectivity index (χ0n) is 11.3. The van der Waals surface area contributed by atoms with Crippen molar-refractivity contribution in [3.8, 4) is 0 Å². The maximum absolute atomic E-state index is 12.0. The number of nitrogens with zero attached hydrogens (tertiary/aromatic N) is 1. The first kappa shape index (κ1) is 13.4. The molecule has 0 aromatic heterocycles. The van der Waals surface area contributed by atoms with Crippen LogP contribution in [0.2, 0.25) is 0 Å². The van der Waals surface area contributed by atoms with E-state index in [4.69, 9.17) is 0 Å². The van der Waals surface area contributed by atoms with Crippen LogP contribution in [-0.4, -0.2) is 35.8 Å². The van der Waals surface area contributed by atoms with Gasteiger partial charge in [0.1, 0.15) is 0 Å². The predicted octanol–water partition coefficient (Wildman–Crippen LogP) is 1.69. The van der Waals surface area contributed by atoms with Crippen LogP contribution in [0.5, 0.6) is 0 Å². The molecule has 0 radical (unpaired) electrons. The van der Waals surface area contributed by atoms with E-state index in [2.05, 4.69) is 12.2 Å². The minimum atomic E-state index is 0.00511. The van der Waals surface area contributed by atoms with Crippen molar-refractivity contribution in [3.05, 3.63) is 0 Å². The first-order valence-corrected chi connectivity index (χ1v) is 7.27. The average Bonchev–Trinajstić information content (AvgIpc) is 2.54. The fraction of sp³-hybridized carbons (Fsp3) is 0.857. The van der Waals surface area contributed by atoms with E-state index in [-0.39, 0.29) is 18.4 Å². The lowest BCUT2D eigenvalue weighted by molar-refractivity contribution is -0.132. The smallest absolute Gasteiger partial charge is 0.242 e. The molecular weight excluding hydrogens is 228 g/mol. The van der Waals surface area contributed by atoms with Crippen molar-refractivity contribution in [1.29, 1.82) is 0 Å². The third kappa shape index (κ3) is 3.24. The van der Waals surface area contributed by atoms with Crippen LogP contribution in [-0.2, 0) is 9.59 Å². The maximum atomic E-state index is 12.0. The minimum absolute atomic E-state index is 0.00511. The summed E-state index contributed by atoms with van der Waals surface area (Å²) < 4.78 is 0. The lowest BCUT2D eigenvalue weighted by Crippen LogP contribution is -2.44. The highest BCUT2D eigenvalue weighted by molar-refractivity contribution is 5.87. The monoisotopic (exact) mass is 252 g/mol. The predicted molar refractivity (Wildman–Crippen MR) is 70.0 cm³/mol. The molecule has 4 heteroatoms. The van der Waals surface area contributed by atoms with Gasteiger partial charge in [-0.1, -0.05) is 19.8 Å². The SMILES string of the molecule is CCCC1CCC(N2CCC(=O)NCC2=O)CC1. The molecule has 2 fully saturated rings. The van der Waals surface area contributed by atoms with Gasteiger partial charge < -0.3 is 10.2 Å². The summed E-state index contributed by atoms with van der Waals surface area (Å²) in [6.07, 6.45) is 7.75. The summed E-state index contributed by atoms with van der Waals surface area (Å²) in [5, 5.41) is 2.66. The Kier molecular flexibility index (Phi) is 4.61. The lowest BCUT2D eigenvalue weighted by atomic mass is 9.83. The molecule has 102 valence electrons. The van der Waals surface area contributed by atoms with Gasteiger partial charge in [0.2, 0.25) is 11.8 Å². The molecular formula is C14H24N2O2. The standard InChI is InChI=1S/C14H24N2O2/c1-2-3-11-4-6-12(7-5-11)16-9-8-13(17)15-10-14(16)18/h11-12H,2-10H2,1H3,(H,15,17). The summed E-state index contributed by atoms with van der Waals surface area (Å²) in [6.45, 7) is 3.03. The Morgan fingerprint density at radius 1 is 1.22 bits per heavy atom. The van der Waals surface area contributed by atoms with Crippen LogP contribution >= 0.6 is 0 Å². The van der Waals surface area contributed by atoms with Gasteiger partial charge in [-0.25, -0.2) is 0 Å². The molecule has 0 atom stereocenters. The first-order chi connectivity index (χ1) is 8.70. The zero-order valence-corrected chi connectivity index (χ0v) is 11.3. The molecule has 1 saturated heterocycles. The van der Waals surface area contributed by atoms with Gasteiger partial charge in [-0.3, -0.25) is 9.59 Å². The van der Waals surface area contributed by atoms with Gasteiger partial charge in [0.15, 0.2) is 0 Å². The van der Waals surface area contributed by atoms with Gasteiger partial charge in [-0.2, -0.15) is 0 Å². The Labute approximate surface area is 109 Å². The fourth-order valence-corrected chi connectivity index (χ4v) is 3.25. The van der Waals surface area contributed by atoms with Gasteiger partial charge in [-0.05, 0) is 31.6 Å². The van der Waals surface area contributed by atoms with E-state index in [1.54, 1.807) is 0 Å². The van der Waals surface area contributed by atoms with Crippen LogP contribution in [0.4, 0.5) is 0 Å². The zero-order chi connectivity index (χ0) is 13.0. The normalized spacial score (nSPS) is 29.9. The van der Waals surface area contributed by atoms with Crippen LogP contribution in [0.1, 0.15) is 51.9 Å². The van der Waals surface area contributed by atoms with E-state index in [0.29, 0.717) is 19.0 Å². The molecule has 2 amide bonds. The van der Waals surface area contributed by atoms with Crippen LogP contribution < -0.4 is 5.32 Å². The molecule has 1 N–H and O–H groups in total. The van der Waals surface area contributed by atoms with Crippen LogP contribution in [0, 0.1) is 5.92 Å². The molecule has 0 spiro atoms. The second kappa shape index (κ2) is 6.21. The summed E-state index contributed by atoms with van der Waals surface area (Å²) >= 11 is 0. The van der Waals surface area contributed by atoms with Crippen LogP contribution in [0.3, 0.4) is 0 Å². The highest BCUT2D eigenvalue weighted by Gasteiger charge is 2.30. The number of amides is 2. The van der Waals surface area contributed by atoms with E-state index in [9.17, 15) is 9.59 Å². The largest absolute Gasteiger partial charge is 0.347 e. The number of rotatable bonds is 3. The molecule has 0 unspecified atom stereocenters. The van der Waals surface area contributed by atoms with E-state index >= 15 is 0 Å². The molecule has 4 nitrogen and oxygen atoms in total. The van der Waals surface area contributed by atoms with Crippen molar-refractivity contribution in [2.45, 2.75) is 57.9 Å². The van der Waals surface area contributed by atoms with Crippen molar-refractivity contribution in [1.82, 2.24) is 10.2 Å². The summed E-state index contributed by atoms with van der Waals surface area (Å²) in [6, 6.07) is 0.373. The topological polar surface area (TPSA) is 49.4 Å². The molecule has 2 aliphatic rings. The Morgan fingerprint density at radius 3 is 2.61 bits per heavy atom. The van der Waals surface area contributed by atoms with Crippen molar-refractivity contribution >= 4 is 11.8 Å². The van der Waals surface area contributed by atoms with Crippen molar-refractivity contribution < 1.29 is 9.59 Å². The summed E-state index contributed by atoms with van der Waals surface area (Å²) in [5.74, 6) is 0.957. The molecule has 1 aliphatic carbocycles. The maximum Gasteiger partial charge on any atom is 0.242 e. The Balaban J connectivity index is 1.87. The Morgan fingerprint density at radius 2 is 1.94 bits per heavy atom. The van der Waals surface area contributed by atoms with E-state index in [0.717, 1.165) is 18.8 Å². The number of nitrogens with one attached hydrogen (secondary N) is 1. The second-order valence-electron chi connectivity index (χ2n) is 5.58. The average molecular weight is 252 g/mol. The summed E-state index contributed by atoms with van der Waals surface area (Å²) in [4.78, 5) is 25.2. The van der Waals surface area contributed by atoms with Gasteiger partial charge in [0.25, 0.3) is 0 Å². The van der Waals surface area contributed by atoms with Gasteiger partial charge in [-0.15, -0.1) is 0 Å². The second-order valence-corrected chi connectivity index (χ2v) is 5.58. The van der Waals surface area contributed by atoms with E-state index in [1.165, 1.54) is 25.7 Å². The number of hydrogen-bond acceptors (Lipinski definition) is 2. The quantitative estimate of drug-likeness (QED) is 0.831. The minimum Gasteiger partial charge on any atom is -0.347 e. The van der Waals surface area contributed by atoms with Crippen molar-refractivity contribution in [3.63, 3.8) is 0 Å². The van der Waals surface area contributed by atoms with Gasteiger partial charge in [0.05, 0.1) is 6.54 Å². The molecule has 0 bridgehead atoms. The molecule has 0 aromatic carbocycles. The van der Waals surface area contributed by atoms with Gasteiger partial charge in [0, 0.05) is 19.0 Å². The van der Waals surface area contributed by atoms with Crippen LogP contribution in [0.15, 0.2) is 0 Å². The summed E-state index contributed by atoms with van der Waals surface area (Å²) in [7, 11) is 0. The highest BCUT2D eigenvalue weighted by atomic mass is 16.2. The molecule has 1 saturated carbocycles. The summed E-state index contributed by atoms with van der Waals surface area (Å²) in [5.41, 5.74) is 0. The number of carbonyl (C=O) groups is 2. The third-order valence-corrected chi connectivity index (χ3v) is 4.29. The number of carbonyl (C=O) groups excluding carboxylic acids is 2. The molecule has 2 rings (SSSR count). The first-order valence-electron chi connectivity index (χ1n) is 7.27. The van der Waals surface area contributed by atoms with Gasteiger partial charge >= 0.3 is 0 Å². The van der Waals surface area contributed by atoms with Crippen molar-refractivity contribution in [2.75, 3.05) is 13.1 Å². The highest BCUT2D eigenvalue weighted by Crippen LogP contribution is 2.30. The van der Waals surface area contributed by atoms with Crippen LogP contribution in [0.25, 0.3) is 0 Å². The molecule has 18 heavy (non-hydrogen) atoms. The Hall–Kier alpha value is -1.06. The van der Waals surface area contributed by atoms with Crippen molar-refractivity contribution in [2.24, 2.45) is 5.92 Å². The Bertz CT molecular complexity index is 309. The van der Waals surface area contributed by atoms with E-state index < -0.39 is 0 Å². The molecule has 1 aliphatic heterocycles. The number of hydrogen-bond donors (Lipinski definition) is 1. The lowest BCUT2D eigenvalue weighted by Gasteiger charge is -2.36. The fourth-order valence-electron chi connectivity index (χ4n) is 3.25. The molecule has 0 aromatic rings. The molecule has 1 heterocycles.